The van der Waals surface area contributed by atoms with Crippen molar-refractivity contribution in [1.82, 2.24) is 19.5 Å². The molecule has 3 aromatic heterocycles. The third-order valence-corrected chi connectivity index (χ3v) is 5.36. The van der Waals surface area contributed by atoms with Crippen molar-refractivity contribution in [3.63, 3.8) is 0 Å². The van der Waals surface area contributed by atoms with Gasteiger partial charge in [-0.15, -0.1) is 11.3 Å². The number of non-ortho nitro benzene ring substituents is 1. The Labute approximate surface area is 171 Å². The van der Waals surface area contributed by atoms with Gasteiger partial charge in [-0.2, -0.15) is 18.2 Å². The molecule has 0 saturated heterocycles. The lowest BCUT2D eigenvalue weighted by molar-refractivity contribution is -0.384. The Morgan fingerprint density at radius 3 is 2.73 bits per heavy atom. The lowest BCUT2D eigenvalue weighted by atomic mass is 10.2. The summed E-state index contributed by atoms with van der Waals surface area (Å²) >= 11 is 0.525. The number of imidazole rings is 1. The topological polar surface area (TPSA) is 98.8 Å². The number of anilines is 1. The van der Waals surface area contributed by atoms with Gasteiger partial charge in [-0.05, 0) is 18.6 Å². The van der Waals surface area contributed by atoms with Crippen molar-refractivity contribution in [2.45, 2.75) is 19.6 Å². The van der Waals surface area contributed by atoms with E-state index in [-0.39, 0.29) is 34.2 Å². The van der Waals surface area contributed by atoms with Gasteiger partial charge in [0.05, 0.1) is 10.3 Å². The predicted molar refractivity (Wildman–Crippen MR) is 105 cm³/mol. The van der Waals surface area contributed by atoms with Crippen LogP contribution >= 0.6 is 11.3 Å². The van der Waals surface area contributed by atoms with Gasteiger partial charge in [0.15, 0.2) is 0 Å². The number of benzene rings is 1. The maximum absolute atomic E-state index is 13.2. The van der Waals surface area contributed by atoms with Crippen molar-refractivity contribution in [1.29, 1.82) is 0 Å². The number of thiophene rings is 1. The molecule has 4 rings (SSSR count). The second kappa shape index (κ2) is 7.37. The molecule has 3 heterocycles. The Morgan fingerprint density at radius 2 is 2.07 bits per heavy atom. The molecule has 0 unspecified atom stereocenters. The molecule has 154 valence electrons. The number of nitrogens with zero attached hydrogens (tertiary/aromatic N) is 5. The highest BCUT2D eigenvalue weighted by molar-refractivity contribution is 7.18. The van der Waals surface area contributed by atoms with Crippen molar-refractivity contribution in [3.8, 4) is 5.95 Å². The summed E-state index contributed by atoms with van der Waals surface area (Å²) in [6.07, 6.45) is -1.36. The number of rotatable bonds is 5. The van der Waals surface area contributed by atoms with Gasteiger partial charge in [0, 0.05) is 31.1 Å². The first-order valence-corrected chi connectivity index (χ1v) is 9.40. The maximum Gasteiger partial charge on any atom is 0.425 e. The van der Waals surface area contributed by atoms with Crippen LogP contribution < -0.4 is 5.32 Å². The average molecular weight is 434 g/mol. The van der Waals surface area contributed by atoms with Crippen LogP contribution in [0.25, 0.3) is 16.2 Å². The number of aromatic nitrogens is 4. The Hall–Kier alpha value is -3.54. The van der Waals surface area contributed by atoms with Crippen LogP contribution in [0.15, 0.2) is 42.7 Å². The minimum Gasteiger partial charge on any atom is -0.365 e. The third kappa shape index (κ3) is 3.81. The Balaban J connectivity index is 1.76. The van der Waals surface area contributed by atoms with Gasteiger partial charge in [-0.3, -0.25) is 14.7 Å². The van der Waals surface area contributed by atoms with E-state index >= 15 is 0 Å². The van der Waals surface area contributed by atoms with Gasteiger partial charge in [-0.1, -0.05) is 12.1 Å². The van der Waals surface area contributed by atoms with E-state index in [1.807, 2.05) is 0 Å². The van der Waals surface area contributed by atoms with E-state index in [4.69, 9.17) is 0 Å². The molecule has 1 aromatic carbocycles. The number of hydrogen-bond donors (Lipinski definition) is 1. The predicted octanol–water partition coefficient (Wildman–Crippen LogP) is 4.72. The normalized spacial score (nSPS) is 11.7. The minimum absolute atomic E-state index is 0.0771. The molecule has 0 amide bonds. The zero-order valence-electron chi connectivity index (χ0n) is 15.3. The fourth-order valence-electron chi connectivity index (χ4n) is 2.85. The van der Waals surface area contributed by atoms with Crippen LogP contribution in [0.1, 0.15) is 16.3 Å². The molecule has 0 atom stereocenters. The largest absolute Gasteiger partial charge is 0.425 e. The zero-order valence-corrected chi connectivity index (χ0v) is 16.2. The van der Waals surface area contributed by atoms with Crippen LogP contribution in [0.2, 0.25) is 0 Å². The molecule has 0 aliphatic carbocycles. The van der Waals surface area contributed by atoms with Crippen molar-refractivity contribution in [2.24, 2.45) is 0 Å². The van der Waals surface area contributed by atoms with E-state index in [0.29, 0.717) is 22.7 Å². The summed E-state index contributed by atoms with van der Waals surface area (Å²) in [5, 5.41) is 14.2. The van der Waals surface area contributed by atoms with E-state index in [2.05, 4.69) is 20.3 Å². The molecular formula is C18H13F3N6O2S. The molecule has 0 aliphatic rings. The Kier molecular flexibility index (Phi) is 4.86. The summed E-state index contributed by atoms with van der Waals surface area (Å²) < 4.78 is 41.2. The molecule has 30 heavy (non-hydrogen) atoms. The van der Waals surface area contributed by atoms with E-state index in [1.165, 1.54) is 24.4 Å². The Bertz CT molecular complexity index is 1250. The fourth-order valence-corrected chi connectivity index (χ4v) is 3.74. The Morgan fingerprint density at radius 1 is 1.27 bits per heavy atom. The second-order valence-electron chi connectivity index (χ2n) is 6.32. The van der Waals surface area contributed by atoms with Crippen molar-refractivity contribution in [3.05, 3.63) is 69.1 Å². The number of hydrogen-bond acceptors (Lipinski definition) is 7. The number of nitro benzene ring substituents is 1. The molecular weight excluding hydrogens is 421 g/mol. The summed E-state index contributed by atoms with van der Waals surface area (Å²) in [5.41, 5.74) is 0.509. The fraction of sp³-hybridized carbons (Fsp3) is 0.167. The van der Waals surface area contributed by atoms with Crippen LogP contribution in [0, 0.1) is 17.0 Å². The lowest BCUT2D eigenvalue weighted by Gasteiger charge is -2.10. The van der Waals surface area contributed by atoms with Gasteiger partial charge >= 0.3 is 6.18 Å². The van der Waals surface area contributed by atoms with Gasteiger partial charge < -0.3 is 5.32 Å². The standard InChI is InChI=1S/C18H13F3N6O2S/c1-10-22-5-6-26(10)17-24-15(13-8-14(18(19,20)21)30-16(13)25-17)23-9-11-3-2-4-12(7-11)27(28)29/h2-8H,9H2,1H3,(H,23,24,25). The van der Waals surface area contributed by atoms with Crippen LogP contribution in [-0.4, -0.2) is 24.4 Å². The highest BCUT2D eigenvalue weighted by Gasteiger charge is 2.33. The summed E-state index contributed by atoms with van der Waals surface area (Å²) in [6.45, 7) is 1.85. The molecule has 8 nitrogen and oxygen atoms in total. The van der Waals surface area contributed by atoms with Gasteiger partial charge in [0.1, 0.15) is 21.3 Å². The smallest absolute Gasteiger partial charge is 0.365 e. The maximum atomic E-state index is 13.2. The number of halogens is 3. The highest BCUT2D eigenvalue weighted by atomic mass is 32.1. The molecule has 12 heteroatoms. The van der Waals surface area contributed by atoms with Crippen LogP contribution in [0.5, 0.6) is 0 Å². The van der Waals surface area contributed by atoms with Crippen molar-refractivity contribution in [2.75, 3.05) is 5.32 Å². The quantitative estimate of drug-likeness (QED) is 0.360. The van der Waals surface area contributed by atoms with E-state index in [1.54, 1.807) is 23.8 Å². The number of nitrogens with one attached hydrogen (secondary N) is 1. The average Bonchev–Trinajstić information content (AvgIpc) is 3.32. The van der Waals surface area contributed by atoms with Crippen LogP contribution in [-0.2, 0) is 12.7 Å². The van der Waals surface area contributed by atoms with Crippen molar-refractivity contribution >= 4 is 33.1 Å². The minimum atomic E-state index is -4.51. The lowest BCUT2D eigenvalue weighted by Crippen LogP contribution is -2.07. The van der Waals surface area contributed by atoms with Crippen molar-refractivity contribution < 1.29 is 18.1 Å². The van der Waals surface area contributed by atoms with Crippen LogP contribution in [0.3, 0.4) is 0 Å². The number of nitro groups is 1. The third-order valence-electron chi connectivity index (χ3n) is 4.28. The number of aryl methyl sites for hydroxylation is 1. The molecule has 0 fully saturated rings. The summed E-state index contributed by atoms with van der Waals surface area (Å²) in [7, 11) is 0. The monoisotopic (exact) mass is 434 g/mol. The SMILES string of the molecule is Cc1nccn1-c1nc(NCc2cccc([N+](=O)[O-])c2)c2cc(C(F)(F)F)sc2n1. The molecule has 4 aromatic rings. The first-order valence-electron chi connectivity index (χ1n) is 8.58. The van der Waals surface area contributed by atoms with E-state index in [0.717, 1.165) is 6.07 Å². The zero-order chi connectivity index (χ0) is 21.5. The van der Waals surface area contributed by atoms with Crippen LogP contribution in [0.4, 0.5) is 24.7 Å². The van der Waals surface area contributed by atoms with E-state index in [9.17, 15) is 23.3 Å². The highest BCUT2D eigenvalue weighted by Crippen LogP contribution is 2.39. The molecule has 1 N–H and O–H groups in total. The molecule has 0 radical (unpaired) electrons. The van der Waals surface area contributed by atoms with Gasteiger partial charge in [0.25, 0.3) is 5.69 Å². The number of fused-ring (bicyclic) bond motifs is 1. The number of alkyl halides is 3. The first-order chi connectivity index (χ1) is 14.2. The molecule has 0 bridgehead atoms. The van der Waals surface area contributed by atoms with E-state index < -0.39 is 16.0 Å². The first kappa shape index (κ1) is 19.8. The summed E-state index contributed by atoms with van der Waals surface area (Å²) in [6, 6.07) is 6.97. The van der Waals surface area contributed by atoms with Gasteiger partial charge in [0.2, 0.25) is 5.95 Å². The summed E-state index contributed by atoms with van der Waals surface area (Å²) in [4.78, 5) is 22.6. The molecule has 0 aliphatic heterocycles. The molecule has 0 saturated carbocycles. The van der Waals surface area contributed by atoms with Gasteiger partial charge in [-0.25, -0.2) is 9.97 Å². The summed E-state index contributed by atoms with van der Waals surface area (Å²) in [5.74, 6) is 0.947. The second-order valence-corrected chi connectivity index (χ2v) is 7.36. The molecule has 0 spiro atoms.